The summed E-state index contributed by atoms with van der Waals surface area (Å²) >= 11 is 13.2. The molecule has 2 heterocycles. The molecule has 1 atom stereocenters. The number of aromatic carboxylic acids is 1. The molecule has 0 amide bonds. The summed E-state index contributed by atoms with van der Waals surface area (Å²) in [6.45, 7) is 4.35. The van der Waals surface area contributed by atoms with E-state index in [4.69, 9.17) is 32.4 Å². The third-order valence-electron chi connectivity index (χ3n) is 5.49. The van der Waals surface area contributed by atoms with E-state index < -0.39 is 66.7 Å². The van der Waals surface area contributed by atoms with Crippen molar-refractivity contribution >= 4 is 56.5 Å². The first-order valence-electron chi connectivity index (χ1n) is 11.2. The predicted molar refractivity (Wildman–Crippen MR) is 138 cm³/mol. The van der Waals surface area contributed by atoms with Crippen LogP contribution < -0.4 is 4.72 Å². The average molecular weight is 645 g/mol. The van der Waals surface area contributed by atoms with E-state index in [2.05, 4.69) is 15.2 Å². The van der Waals surface area contributed by atoms with Crippen molar-refractivity contribution in [1.82, 2.24) is 19.9 Å². The number of thiazole rings is 1. The summed E-state index contributed by atoms with van der Waals surface area (Å²) in [6.07, 6.45) is -5.41. The average Bonchev–Trinajstić information content (AvgIpc) is 3.49. The summed E-state index contributed by atoms with van der Waals surface area (Å²) in [7, 11) is -3.54. The van der Waals surface area contributed by atoms with Crippen LogP contribution in [0.5, 0.6) is 0 Å². The zero-order chi connectivity index (χ0) is 30.2. The molecule has 40 heavy (non-hydrogen) atoms. The van der Waals surface area contributed by atoms with Crippen molar-refractivity contribution in [1.29, 1.82) is 0 Å². The normalized spacial score (nSPS) is 13.3. The number of ether oxygens (including phenoxy) is 1. The highest BCUT2D eigenvalue weighted by Crippen LogP contribution is 2.43. The largest absolute Gasteiger partial charge is 0.476 e. The molecule has 18 heteroatoms. The highest BCUT2D eigenvalue weighted by Gasteiger charge is 2.41. The molecule has 0 unspecified atom stereocenters. The van der Waals surface area contributed by atoms with Crippen LogP contribution in [0, 0.1) is 5.41 Å². The standard InChI is InChI=1S/C22H21Cl2F3N4O7S2/c1-5-11(22(25,26)27)31-40(35,36)10-7-6-9(13(23)14(10)24)16-15(19(32)33)28-18(39-16)17-30-29-12(38-17)8-21(2,3)20(34)37-4/h6-7,11,31H,5,8H2,1-4H3,(H,32,33)/t11-/m0/s1. The quantitative estimate of drug-likeness (QED) is 0.280. The third-order valence-corrected chi connectivity index (χ3v) is 9.08. The first kappa shape index (κ1) is 31.7. The Morgan fingerprint density at radius 1 is 1.20 bits per heavy atom. The van der Waals surface area contributed by atoms with Crippen LogP contribution in [-0.2, 0) is 26.0 Å². The lowest BCUT2D eigenvalue weighted by Gasteiger charge is -2.20. The summed E-state index contributed by atoms with van der Waals surface area (Å²) in [6, 6.07) is -0.369. The minimum absolute atomic E-state index is 0.00925. The fraction of sp³-hybridized carbons (Fsp3) is 0.409. The summed E-state index contributed by atoms with van der Waals surface area (Å²) < 4.78 is 76.7. The van der Waals surface area contributed by atoms with Crippen molar-refractivity contribution in [3.63, 3.8) is 0 Å². The highest BCUT2D eigenvalue weighted by atomic mass is 35.5. The van der Waals surface area contributed by atoms with E-state index in [0.717, 1.165) is 30.4 Å². The van der Waals surface area contributed by atoms with Gasteiger partial charge < -0.3 is 14.3 Å². The molecule has 0 fully saturated rings. The van der Waals surface area contributed by atoms with Crippen LogP contribution in [0.3, 0.4) is 0 Å². The fourth-order valence-electron chi connectivity index (χ4n) is 3.42. The number of halogens is 5. The van der Waals surface area contributed by atoms with E-state index >= 15 is 0 Å². The first-order valence-corrected chi connectivity index (χ1v) is 14.2. The number of carboxylic acid groups (broad SMARTS) is 1. The maximum atomic E-state index is 13.1. The zero-order valence-electron chi connectivity index (χ0n) is 21.1. The lowest BCUT2D eigenvalue weighted by molar-refractivity contribution is -0.152. The number of rotatable bonds is 10. The number of carbonyl (C=O) groups excluding carboxylic acids is 1. The molecule has 3 rings (SSSR count). The number of carbonyl (C=O) groups is 2. The Labute approximate surface area is 239 Å². The molecular weight excluding hydrogens is 624 g/mol. The Bertz CT molecular complexity index is 1560. The van der Waals surface area contributed by atoms with Crippen LogP contribution in [0.4, 0.5) is 13.2 Å². The Hall–Kier alpha value is -2.79. The molecule has 218 valence electrons. The second kappa shape index (κ2) is 11.6. The van der Waals surface area contributed by atoms with Crippen LogP contribution in [0.15, 0.2) is 21.4 Å². The van der Waals surface area contributed by atoms with Gasteiger partial charge in [-0.1, -0.05) is 36.2 Å². The molecule has 3 aromatic rings. The fourth-order valence-corrected chi connectivity index (χ4v) is 6.66. The number of benzene rings is 1. The molecule has 0 radical (unpaired) electrons. The van der Waals surface area contributed by atoms with Crippen LogP contribution in [0.25, 0.3) is 21.3 Å². The monoisotopic (exact) mass is 644 g/mol. The number of sulfonamides is 1. The van der Waals surface area contributed by atoms with Crippen LogP contribution in [0.1, 0.15) is 43.6 Å². The first-order chi connectivity index (χ1) is 18.4. The molecule has 0 spiro atoms. The van der Waals surface area contributed by atoms with Gasteiger partial charge in [-0.15, -0.1) is 21.5 Å². The molecule has 2 aromatic heterocycles. The number of nitrogens with zero attached hydrogens (tertiary/aromatic N) is 3. The summed E-state index contributed by atoms with van der Waals surface area (Å²) in [4.78, 5) is 27.1. The van der Waals surface area contributed by atoms with Crippen molar-refractivity contribution in [3.8, 4) is 21.3 Å². The van der Waals surface area contributed by atoms with Crippen molar-refractivity contribution in [2.24, 2.45) is 5.41 Å². The highest BCUT2D eigenvalue weighted by molar-refractivity contribution is 7.89. The number of hydrogen-bond acceptors (Lipinski definition) is 10. The molecule has 0 aliphatic carbocycles. The van der Waals surface area contributed by atoms with Gasteiger partial charge in [0.2, 0.25) is 15.9 Å². The lowest BCUT2D eigenvalue weighted by Crippen LogP contribution is -2.44. The van der Waals surface area contributed by atoms with Gasteiger partial charge in [0.1, 0.15) is 10.9 Å². The number of methoxy groups -OCH3 is 1. The van der Waals surface area contributed by atoms with Crippen molar-refractivity contribution < 1.29 is 45.4 Å². The van der Waals surface area contributed by atoms with Crippen molar-refractivity contribution in [2.45, 2.75) is 50.7 Å². The molecule has 0 saturated carbocycles. The Morgan fingerprint density at radius 2 is 1.85 bits per heavy atom. The number of esters is 1. The number of aromatic nitrogens is 3. The number of nitrogens with one attached hydrogen (secondary N) is 1. The molecule has 0 saturated heterocycles. The van der Waals surface area contributed by atoms with Gasteiger partial charge in [0.25, 0.3) is 5.89 Å². The van der Waals surface area contributed by atoms with Crippen LogP contribution in [0.2, 0.25) is 10.0 Å². The summed E-state index contributed by atoms with van der Waals surface area (Å²) in [5.74, 6) is -2.12. The molecule has 0 bridgehead atoms. The number of alkyl halides is 3. The van der Waals surface area contributed by atoms with Crippen LogP contribution in [-0.4, -0.2) is 60.0 Å². The summed E-state index contributed by atoms with van der Waals surface area (Å²) in [5.41, 5.74) is -1.57. The molecule has 0 aliphatic heterocycles. The number of carboxylic acids is 1. The van der Waals surface area contributed by atoms with Gasteiger partial charge in [-0.3, -0.25) is 4.79 Å². The van der Waals surface area contributed by atoms with Gasteiger partial charge in [0, 0.05) is 12.0 Å². The van der Waals surface area contributed by atoms with Gasteiger partial charge in [-0.25, -0.2) is 18.2 Å². The second-order valence-electron chi connectivity index (χ2n) is 8.92. The van der Waals surface area contributed by atoms with E-state index in [0.29, 0.717) is 0 Å². The van der Waals surface area contributed by atoms with E-state index in [9.17, 15) is 36.3 Å². The Balaban J connectivity index is 2.02. The molecular formula is C22H21Cl2F3N4O7S2. The van der Waals surface area contributed by atoms with Crippen molar-refractivity contribution in [3.05, 3.63) is 33.8 Å². The molecule has 2 N–H and O–H groups in total. The predicted octanol–water partition coefficient (Wildman–Crippen LogP) is 5.23. The SMILES string of the molecule is CC[C@H](NS(=O)(=O)c1ccc(-c2sc(-c3nnc(CC(C)(C)C(=O)OC)o3)nc2C(=O)O)c(Cl)c1Cl)C(F)(F)F. The topological polar surface area (TPSA) is 162 Å². The molecule has 11 nitrogen and oxygen atoms in total. The van der Waals surface area contributed by atoms with E-state index in [-0.39, 0.29) is 33.7 Å². The van der Waals surface area contributed by atoms with Gasteiger partial charge in [0.05, 0.1) is 27.4 Å². The van der Waals surface area contributed by atoms with E-state index in [1.807, 2.05) is 0 Å². The van der Waals surface area contributed by atoms with Gasteiger partial charge in [-0.2, -0.15) is 17.9 Å². The zero-order valence-corrected chi connectivity index (χ0v) is 24.2. The Kier molecular flexibility index (Phi) is 9.20. The summed E-state index contributed by atoms with van der Waals surface area (Å²) in [5, 5.41) is 16.3. The smallest absolute Gasteiger partial charge is 0.404 e. The lowest BCUT2D eigenvalue weighted by atomic mass is 9.89. The Morgan fingerprint density at radius 3 is 2.40 bits per heavy atom. The second-order valence-corrected chi connectivity index (χ2v) is 12.4. The van der Waals surface area contributed by atoms with Gasteiger partial charge >= 0.3 is 18.1 Å². The van der Waals surface area contributed by atoms with E-state index in [1.165, 1.54) is 7.11 Å². The maximum absolute atomic E-state index is 13.1. The minimum atomic E-state index is -4.85. The molecule has 0 aliphatic rings. The van der Waals surface area contributed by atoms with Gasteiger partial charge in [0.15, 0.2) is 10.7 Å². The maximum Gasteiger partial charge on any atom is 0.404 e. The third kappa shape index (κ3) is 6.57. The molecule has 1 aromatic carbocycles. The number of hydrogen-bond donors (Lipinski definition) is 2. The van der Waals surface area contributed by atoms with Gasteiger partial charge in [-0.05, 0) is 26.3 Å². The minimum Gasteiger partial charge on any atom is -0.476 e. The van der Waals surface area contributed by atoms with Crippen LogP contribution >= 0.6 is 34.5 Å². The van der Waals surface area contributed by atoms with Crippen molar-refractivity contribution in [2.75, 3.05) is 7.11 Å². The van der Waals surface area contributed by atoms with E-state index in [1.54, 1.807) is 18.6 Å².